The third kappa shape index (κ3) is 1.36. The van der Waals surface area contributed by atoms with Gasteiger partial charge in [0.1, 0.15) is 6.23 Å². The number of para-hydroxylation sites is 1. The Labute approximate surface area is 93.6 Å². The zero-order valence-corrected chi connectivity index (χ0v) is 8.80. The van der Waals surface area contributed by atoms with E-state index in [0.29, 0.717) is 12.3 Å². The standard InChI is InChI=1S/C13H12NO2/c15-9-11-8-10-4-1-2-5-12(10)14(11)13-6-3-7-16-13/h1-5,8-9,13H,6-7H2. The Morgan fingerprint density at radius 3 is 3.00 bits per heavy atom. The monoisotopic (exact) mass is 214 g/mol. The van der Waals surface area contributed by atoms with E-state index in [1.165, 1.54) is 0 Å². The number of aromatic nitrogens is 1. The molecule has 1 fully saturated rings. The molecule has 3 heteroatoms. The molecule has 1 aliphatic heterocycles. The highest BCUT2D eigenvalue weighted by atomic mass is 16.5. The van der Waals surface area contributed by atoms with Crippen LogP contribution < -0.4 is 0 Å². The third-order valence-electron chi connectivity index (χ3n) is 2.96. The highest BCUT2D eigenvalue weighted by Crippen LogP contribution is 2.29. The number of carbonyl (C=O) groups is 1. The molecule has 0 saturated carbocycles. The topological polar surface area (TPSA) is 31.2 Å². The van der Waals surface area contributed by atoms with Gasteiger partial charge in [-0.2, -0.15) is 0 Å². The van der Waals surface area contributed by atoms with Crippen LogP contribution in [0.25, 0.3) is 10.9 Å². The molecule has 0 N–H and O–H groups in total. The second-order valence-electron chi connectivity index (χ2n) is 3.93. The van der Waals surface area contributed by atoms with E-state index in [1.807, 2.05) is 34.9 Å². The number of fused-ring (bicyclic) bond motifs is 1. The fourth-order valence-electron chi connectivity index (χ4n) is 2.25. The first-order valence-corrected chi connectivity index (χ1v) is 5.38. The predicted molar refractivity (Wildman–Crippen MR) is 61.2 cm³/mol. The molecule has 81 valence electrons. The lowest BCUT2D eigenvalue weighted by Gasteiger charge is -2.14. The van der Waals surface area contributed by atoms with Crippen molar-refractivity contribution in [3.8, 4) is 0 Å². The maximum atomic E-state index is 11.1. The molecule has 3 nitrogen and oxygen atoms in total. The van der Waals surface area contributed by atoms with Crippen LogP contribution in [0.5, 0.6) is 0 Å². The molecule has 1 unspecified atom stereocenters. The highest BCUT2D eigenvalue weighted by Gasteiger charge is 2.21. The van der Waals surface area contributed by atoms with Gasteiger partial charge in [-0.05, 0) is 25.0 Å². The van der Waals surface area contributed by atoms with Crippen molar-refractivity contribution in [3.05, 3.63) is 42.4 Å². The number of carbonyl (C=O) groups excluding carboxylic acids is 1. The van der Waals surface area contributed by atoms with Crippen LogP contribution in [0.3, 0.4) is 0 Å². The summed E-state index contributed by atoms with van der Waals surface area (Å²) in [6.45, 7) is 0.662. The zero-order chi connectivity index (χ0) is 11.0. The Balaban J connectivity index is 2.22. The van der Waals surface area contributed by atoms with Gasteiger partial charge < -0.3 is 9.30 Å². The van der Waals surface area contributed by atoms with E-state index in [0.717, 1.165) is 23.6 Å². The average Bonchev–Trinajstić information content (AvgIpc) is 2.94. The fraction of sp³-hybridized carbons (Fsp3) is 0.231. The SMILES string of the molecule is O=Cc1cc2ccccc2n1C1C[CH]CO1. The van der Waals surface area contributed by atoms with E-state index in [1.54, 1.807) is 0 Å². The number of benzene rings is 1. The third-order valence-corrected chi connectivity index (χ3v) is 2.96. The summed E-state index contributed by atoms with van der Waals surface area (Å²) in [5, 5.41) is 1.08. The van der Waals surface area contributed by atoms with E-state index < -0.39 is 0 Å². The number of hydrogen-bond acceptors (Lipinski definition) is 2. The van der Waals surface area contributed by atoms with Crippen molar-refractivity contribution < 1.29 is 9.53 Å². The lowest BCUT2D eigenvalue weighted by molar-refractivity contribution is 0.0591. The van der Waals surface area contributed by atoms with Crippen molar-refractivity contribution in [3.63, 3.8) is 0 Å². The lowest BCUT2D eigenvalue weighted by atomic mass is 10.2. The van der Waals surface area contributed by atoms with Gasteiger partial charge in [0.25, 0.3) is 0 Å². The van der Waals surface area contributed by atoms with Gasteiger partial charge in [0, 0.05) is 5.39 Å². The molecule has 1 radical (unpaired) electrons. The van der Waals surface area contributed by atoms with Crippen LogP contribution in [0, 0.1) is 6.42 Å². The minimum atomic E-state index is -0.0277. The quantitative estimate of drug-likeness (QED) is 0.719. The lowest BCUT2D eigenvalue weighted by Crippen LogP contribution is -2.09. The molecule has 1 aromatic heterocycles. The molecule has 0 bridgehead atoms. The summed E-state index contributed by atoms with van der Waals surface area (Å²) in [4.78, 5) is 11.1. The first-order valence-electron chi connectivity index (χ1n) is 5.38. The molecule has 1 aliphatic rings. The van der Waals surface area contributed by atoms with Crippen molar-refractivity contribution in [2.75, 3.05) is 6.61 Å². The highest BCUT2D eigenvalue weighted by molar-refractivity contribution is 5.89. The summed E-state index contributed by atoms with van der Waals surface area (Å²) in [6, 6.07) is 9.89. The molecule has 0 aliphatic carbocycles. The maximum Gasteiger partial charge on any atom is 0.166 e. The summed E-state index contributed by atoms with van der Waals surface area (Å²) in [6.07, 6.45) is 3.81. The smallest absolute Gasteiger partial charge is 0.166 e. The zero-order valence-electron chi connectivity index (χ0n) is 8.80. The Kier molecular flexibility index (Phi) is 2.26. The summed E-state index contributed by atoms with van der Waals surface area (Å²) in [5.74, 6) is 0. The Morgan fingerprint density at radius 1 is 1.38 bits per heavy atom. The molecule has 3 rings (SSSR count). The van der Waals surface area contributed by atoms with Crippen molar-refractivity contribution in [1.82, 2.24) is 4.57 Å². The van der Waals surface area contributed by atoms with Crippen LogP contribution in [0.2, 0.25) is 0 Å². The maximum absolute atomic E-state index is 11.1. The first-order chi connectivity index (χ1) is 7.90. The molecule has 2 heterocycles. The molecule has 1 aromatic carbocycles. The van der Waals surface area contributed by atoms with E-state index >= 15 is 0 Å². The molecule has 16 heavy (non-hydrogen) atoms. The number of aldehydes is 1. The Bertz CT molecular complexity index is 524. The number of ether oxygens (including phenoxy) is 1. The number of hydrogen-bond donors (Lipinski definition) is 0. The van der Waals surface area contributed by atoms with Gasteiger partial charge in [0.05, 0.1) is 17.8 Å². The molecule has 1 saturated heterocycles. The Morgan fingerprint density at radius 2 is 2.25 bits per heavy atom. The number of rotatable bonds is 2. The van der Waals surface area contributed by atoms with Gasteiger partial charge in [-0.1, -0.05) is 18.2 Å². The van der Waals surface area contributed by atoms with Crippen LogP contribution in [0.1, 0.15) is 23.1 Å². The molecular weight excluding hydrogens is 202 g/mol. The summed E-state index contributed by atoms with van der Waals surface area (Å²) in [5.41, 5.74) is 1.74. The molecular formula is C13H12NO2. The van der Waals surface area contributed by atoms with Crippen molar-refractivity contribution in [1.29, 1.82) is 0 Å². The summed E-state index contributed by atoms with van der Waals surface area (Å²) in [7, 11) is 0. The first kappa shape index (κ1) is 9.60. The van der Waals surface area contributed by atoms with Crippen LogP contribution in [0.4, 0.5) is 0 Å². The van der Waals surface area contributed by atoms with E-state index in [9.17, 15) is 4.79 Å². The average molecular weight is 214 g/mol. The van der Waals surface area contributed by atoms with Gasteiger partial charge in [-0.25, -0.2) is 0 Å². The largest absolute Gasteiger partial charge is 0.358 e. The van der Waals surface area contributed by atoms with Crippen molar-refractivity contribution in [2.24, 2.45) is 0 Å². The van der Waals surface area contributed by atoms with Crippen LogP contribution in [-0.4, -0.2) is 17.5 Å². The van der Waals surface area contributed by atoms with Crippen LogP contribution >= 0.6 is 0 Å². The summed E-state index contributed by atoms with van der Waals surface area (Å²) < 4.78 is 7.57. The molecule has 0 amide bonds. The molecule has 1 atom stereocenters. The Hall–Kier alpha value is -1.61. The van der Waals surface area contributed by atoms with Crippen molar-refractivity contribution in [2.45, 2.75) is 12.6 Å². The van der Waals surface area contributed by atoms with Gasteiger partial charge in [0.2, 0.25) is 0 Å². The molecule has 2 aromatic rings. The van der Waals surface area contributed by atoms with Crippen LogP contribution in [-0.2, 0) is 4.74 Å². The fourth-order valence-corrected chi connectivity index (χ4v) is 2.25. The second-order valence-corrected chi connectivity index (χ2v) is 3.93. The van der Waals surface area contributed by atoms with E-state index in [4.69, 9.17) is 4.74 Å². The van der Waals surface area contributed by atoms with Crippen molar-refractivity contribution >= 4 is 17.2 Å². The van der Waals surface area contributed by atoms with E-state index in [-0.39, 0.29) is 6.23 Å². The predicted octanol–water partition coefficient (Wildman–Crippen LogP) is 2.58. The minimum absolute atomic E-state index is 0.0277. The number of nitrogens with zero attached hydrogens (tertiary/aromatic N) is 1. The summed E-state index contributed by atoms with van der Waals surface area (Å²) >= 11 is 0. The van der Waals surface area contributed by atoms with E-state index in [2.05, 4.69) is 6.42 Å². The van der Waals surface area contributed by atoms with Crippen LogP contribution in [0.15, 0.2) is 30.3 Å². The second kappa shape index (κ2) is 3.76. The minimum Gasteiger partial charge on any atom is -0.358 e. The molecule has 0 spiro atoms. The van der Waals surface area contributed by atoms with Gasteiger partial charge >= 0.3 is 0 Å². The normalized spacial score (nSPS) is 20.4. The van der Waals surface area contributed by atoms with Gasteiger partial charge in [-0.15, -0.1) is 0 Å². The van der Waals surface area contributed by atoms with Gasteiger partial charge in [-0.3, -0.25) is 4.79 Å². The van der Waals surface area contributed by atoms with Gasteiger partial charge in [0.15, 0.2) is 6.29 Å².